The van der Waals surface area contributed by atoms with Gasteiger partial charge in [-0.05, 0) is 37.0 Å². The van der Waals surface area contributed by atoms with Gasteiger partial charge in [0.1, 0.15) is 5.54 Å². The van der Waals surface area contributed by atoms with Gasteiger partial charge in [0.05, 0.1) is 5.92 Å². The molecule has 6 nitrogen and oxygen atoms in total. The minimum Gasteiger partial charge on any atom is -0.481 e. The summed E-state index contributed by atoms with van der Waals surface area (Å²) in [6.45, 7) is 0. The van der Waals surface area contributed by atoms with Crippen molar-refractivity contribution in [1.29, 1.82) is 0 Å². The van der Waals surface area contributed by atoms with E-state index in [2.05, 4.69) is 26.6 Å². The van der Waals surface area contributed by atoms with Gasteiger partial charge in [0, 0.05) is 10.4 Å². The third kappa shape index (κ3) is 2.61. The number of aryl methyl sites for hydroxylation is 1. The predicted octanol–water partition coefficient (Wildman–Crippen LogP) is 1.68. The number of aliphatic carboxylic acids is 1. The highest BCUT2D eigenvalue weighted by atomic mass is 79.9. The van der Waals surface area contributed by atoms with Crippen molar-refractivity contribution in [3.63, 3.8) is 0 Å². The molecular formula is C15H15BrN2O4. The zero-order valence-corrected chi connectivity index (χ0v) is 13.2. The molecule has 0 spiro atoms. The highest BCUT2D eigenvalue weighted by molar-refractivity contribution is 9.10. The lowest BCUT2D eigenvalue weighted by Crippen LogP contribution is -2.50. The maximum Gasteiger partial charge on any atom is 0.322 e. The van der Waals surface area contributed by atoms with Crippen LogP contribution in [0, 0.1) is 11.8 Å². The van der Waals surface area contributed by atoms with E-state index in [0.29, 0.717) is 19.3 Å². The molecule has 0 bridgehead atoms. The third-order valence-corrected chi connectivity index (χ3v) is 4.90. The smallest absolute Gasteiger partial charge is 0.322 e. The van der Waals surface area contributed by atoms with Crippen molar-refractivity contribution in [1.82, 2.24) is 10.6 Å². The average Bonchev–Trinajstić information content (AvgIpc) is 3.19. The summed E-state index contributed by atoms with van der Waals surface area (Å²) in [6.07, 6.45) is 1.38. The van der Waals surface area contributed by atoms with E-state index in [1.807, 2.05) is 24.3 Å². The Bertz CT molecular complexity index is 663. The van der Waals surface area contributed by atoms with Crippen LogP contribution < -0.4 is 10.6 Å². The van der Waals surface area contributed by atoms with Gasteiger partial charge in [-0.15, -0.1) is 0 Å². The van der Waals surface area contributed by atoms with E-state index in [9.17, 15) is 14.4 Å². The lowest BCUT2D eigenvalue weighted by Gasteiger charge is -2.26. The number of carbonyl (C=O) groups excluding carboxylic acids is 2. The second kappa shape index (κ2) is 5.39. The van der Waals surface area contributed by atoms with Gasteiger partial charge >= 0.3 is 12.0 Å². The van der Waals surface area contributed by atoms with Crippen LogP contribution in [0.2, 0.25) is 0 Å². The molecular weight excluding hydrogens is 352 g/mol. The number of imide groups is 1. The number of hydrogen-bond donors (Lipinski definition) is 3. The minimum absolute atomic E-state index is 0.344. The van der Waals surface area contributed by atoms with Gasteiger partial charge in [-0.25, -0.2) is 4.79 Å². The molecule has 0 radical (unpaired) electrons. The van der Waals surface area contributed by atoms with Crippen LogP contribution in [-0.4, -0.2) is 28.6 Å². The number of amides is 3. The van der Waals surface area contributed by atoms with Gasteiger partial charge in [-0.1, -0.05) is 28.1 Å². The van der Waals surface area contributed by atoms with Gasteiger partial charge in [0.2, 0.25) is 0 Å². The SMILES string of the molecule is O=C1NC(=O)C(CCc2cccc(Br)c2)([C@H]2C[C@@H]2C(=O)O)N1. The molecule has 2 aliphatic rings. The number of urea groups is 1. The Kier molecular flexibility index (Phi) is 3.68. The van der Waals surface area contributed by atoms with Crippen LogP contribution in [-0.2, 0) is 16.0 Å². The number of hydrogen-bond acceptors (Lipinski definition) is 3. The van der Waals surface area contributed by atoms with E-state index in [1.54, 1.807) is 0 Å². The van der Waals surface area contributed by atoms with Crippen LogP contribution in [0.5, 0.6) is 0 Å². The second-order valence-corrected chi connectivity index (χ2v) is 6.71. The number of nitrogens with one attached hydrogen (secondary N) is 2. The lowest BCUT2D eigenvalue weighted by molar-refractivity contribution is -0.139. The van der Waals surface area contributed by atoms with Gasteiger partial charge in [0.15, 0.2) is 0 Å². The first-order valence-electron chi connectivity index (χ1n) is 7.03. The van der Waals surface area contributed by atoms with Crippen LogP contribution in [0.25, 0.3) is 0 Å². The molecule has 3 N–H and O–H groups in total. The van der Waals surface area contributed by atoms with Gasteiger partial charge in [0.25, 0.3) is 5.91 Å². The molecule has 2 fully saturated rings. The molecule has 1 aromatic rings. The zero-order chi connectivity index (χ0) is 15.9. The Morgan fingerprint density at radius 1 is 1.41 bits per heavy atom. The number of carbonyl (C=O) groups is 3. The summed E-state index contributed by atoms with van der Waals surface area (Å²) in [4.78, 5) is 34.9. The quantitative estimate of drug-likeness (QED) is 0.690. The summed E-state index contributed by atoms with van der Waals surface area (Å²) in [5, 5.41) is 14.0. The first-order chi connectivity index (χ1) is 10.4. The van der Waals surface area contributed by atoms with Crippen molar-refractivity contribution in [3.05, 3.63) is 34.3 Å². The molecule has 1 saturated carbocycles. The fourth-order valence-electron chi connectivity index (χ4n) is 3.17. The molecule has 3 rings (SSSR count). The first kappa shape index (κ1) is 15.0. The summed E-state index contributed by atoms with van der Waals surface area (Å²) in [5.41, 5.74) is -0.0853. The molecule has 1 aliphatic carbocycles. The van der Waals surface area contributed by atoms with Crippen molar-refractivity contribution in [2.24, 2.45) is 11.8 Å². The summed E-state index contributed by atoms with van der Waals surface area (Å²) in [5.74, 6) is -2.24. The normalized spacial score (nSPS) is 29.9. The highest BCUT2D eigenvalue weighted by Gasteiger charge is 2.62. The minimum atomic E-state index is -1.11. The molecule has 116 valence electrons. The van der Waals surface area contributed by atoms with Crippen molar-refractivity contribution >= 4 is 33.8 Å². The van der Waals surface area contributed by atoms with Crippen LogP contribution in [0.1, 0.15) is 18.4 Å². The van der Waals surface area contributed by atoms with Crippen molar-refractivity contribution in [3.8, 4) is 0 Å². The predicted molar refractivity (Wildman–Crippen MR) is 81.1 cm³/mol. The molecule has 1 aromatic carbocycles. The van der Waals surface area contributed by atoms with E-state index in [0.717, 1.165) is 10.0 Å². The lowest BCUT2D eigenvalue weighted by atomic mass is 9.85. The third-order valence-electron chi connectivity index (χ3n) is 4.41. The molecule has 22 heavy (non-hydrogen) atoms. The highest BCUT2D eigenvalue weighted by Crippen LogP contribution is 2.49. The molecule has 3 amide bonds. The maximum absolute atomic E-state index is 12.2. The Morgan fingerprint density at radius 3 is 2.73 bits per heavy atom. The molecule has 0 aromatic heterocycles. The number of rotatable bonds is 5. The fourth-order valence-corrected chi connectivity index (χ4v) is 3.62. The van der Waals surface area contributed by atoms with E-state index < -0.39 is 29.4 Å². The molecule has 1 saturated heterocycles. The summed E-state index contributed by atoms with van der Waals surface area (Å²) in [7, 11) is 0. The topological polar surface area (TPSA) is 95.5 Å². The molecule has 1 aliphatic heterocycles. The first-order valence-corrected chi connectivity index (χ1v) is 7.82. The van der Waals surface area contributed by atoms with Crippen molar-refractivity contribution < 1.29 is 19.5 Å². The monoisotopic (exact) mass is 366 g/mol. The second-order valence-electron chi connectivity index (χ2n) is 5.80. The Morgan fingerprint density at radius 2 is 2.18 bits per heavy atom. The standard InChI is InChI=1S/C15H15BrN2O4/c16-9-3-1-2-8(6-9)4-5-15(11-7-10(11)12(19)20)13(21)17-14(22)18-15/h1-3,6,10-11H,4-5,7H2,(H,19,20)(H2,17,18,21,22)/t10-,11-,15?/m0/s1. The van der Waals surface area contributed by atoms with Crippen LogP contribution >= 0.6 is 15.9 Å². The van der Waals surface area contributed by atoms with Gasteiger partial charge in [-0.3, -0.25) is 14.9 Å². The van der Waals surface area contributed by atoms with E-state index in [-0.39, 0.29) is 5.92 Å². The molecule has 3 atom stereocenters. The summed E-state index contributed by atoms with van der Waals surface area (Å²) < 4.78 is 0.939. The van der Waals surface area contributed by atoms with E-state index in [1.165, 1.54) is 0 Å². The van der Waals surface area contributed by atoms with E-state index in [4.69, 9.17) is 5.11 Å². The number of halogens is 1. The Balaban J connectivity index is 1.80. The summed E-state index contributed by atoms with van der Waals surface area (Å²) >= 11 is 3.39. The van der Waals surface area contributed by atoms with Crippen molar-refractivity contribution in [2.45, 2.75) is 24.8 Å². The molecule has 1 heterocycles. The number of carboxylic acid groups (broad SMARTS) is 1. The molecule has 1 unspecified atom stereocenters. The Labute approximate surface area is 135 Å². The van der Waals surface area contributed by atoms with Crippen LogP contribution in [0.3, 0.4) is 0 Å². The van der Waals surface area contributed by atoms with E-state index >= 15 is 0 Å². The molecule has 7 heteroatoms. The van der Waals surface area contributed by atoms with Crippen molar-refractivity contribution in [2.75, 3.05) is 0 Å². The maximum atomic E-state index is 12.2. The van der Waals surface area contributed by atoms with Crippen LogP contribution in [0.4, 0.5) is 4.79 Å². The zero-order valence-electron chi connectivity index (χ0n) is 11.6. The fraction of sp³-hybridized carbons (Fsp3) is 0.400. The van der Waals surface area contributed by atoms with Gasteiger partial charge < -0.3 is 10.4 Å². The number of carboxylic acids is 1. The van der Waals surface area contributed by atoms with Gasteiger partial charge in [-0.2, -0.15) is 0 Å². The number of benzene rings is 1. The average molecular weight is 367 g/mol. The summed E-state index contributed by atoms with van der Waals surface area (Å²) in [6, 6.07) is 7.15. The largest absolute Gasteiger partial charge is 0.481 e. The van der Waals surface area contributed by atoms with Crippen LogP contribution in [0.15, 0.2) is 28.7 Å². The Hall–Kier alpha value is -1.89.